The fourth-order valence-corrected chi connectivity index (χ4v) is 4.08. The van der Waals surface area contributed by atoms with E-state index in [9.17, 15) is 9.59 Å². The van der Waals surface area contributed by atoms with Gasteiger partial charge in [-0.05, 0) is 76.8 Å². The second kappa shape index (κ2) is 9.22. The van der Waals surface area contributed by atoms with Crippen LogP contribution < -0.4 is 15.4 Å². The minimum absolute atomic E-state index is 0.0283. The SMILES string of the molecule is CC1CCCC(C)N1C(=O)COc1ccc(C(=O)NCC2CCCN2)cc1. The standard InChI is InChI=1S/C21H31N3O3/c1-15-5-3-6-16(2)24(15)20(25)14-27-19-10-8-17(9-11-19)21(26)23-13-18-7-4-12-22-18/h8-11,15-16,18,22H,3-7,12-14H2,1-2H3,(H,23,26). The molecule has 2 fully saturated rings. The quantitative estimate of drug-likeness (QED) is 0.803. The Labute approximate surface area is 161 Å². The molecule has 2 amide bonds. The topological polar surface area (TPSA) is 70.7 Å². The van der Waals surface area contributed by atoms with Gasteiger partial charge in [-0.2, -0.15) is 0 Å². The van der Waals surface area contributed by atoms with Gasteiger partial charge >= 0.3 is 0 Å². The van der Waals surface area contributed by atoms with Gasteiger partial charge in [0.25, 0.3) is 11.8 Å². The molecule has 2 saturated heterocycles. The third kappa shape index (κ3) is 5.22. The van der Waals surface area contributed by atoms with Gasteiger partial charge in [-0.15, -0.1) is 0 Å². The number of nitrogens with zero attached hydrogens (tertiary/aromatic N) is 1. The van der Waals surface area contributed by atoms with Gasteiger partial charge in [0.1, 0.15) is 5.75 Å². The summed E-state index contributed by atoms with van der Waals surface area (Å²) < 4.78 is 5.66. The van der Waals surface area contributed by atoms with Crippen molar-refractivity contribution in [2.24, 2.45) is 0 Å². The zero-order chi connectivity index (χ0) is 19.2. The molecule has 3 atom stereocenters. The van der Waals surface area contributed by atoms with Crippen LogP contribution in [-0.2, 0) is 4.79 Å². The van der Waals surface area contributed by atoms with E-state index in [4.69, 9.17) is 4.74 Å². The van der Waals surface area contributed by atoms with E-state index in [2.05, 4.69) is 24.5 Å². The summed E-state index contributed by atoms with van der Waals surface area (Å²) in [5.74, 6) is 0.553. The molecule has 0 saturated carbocycles. The van der Waals surface area contributed by atoms with Crippen LogP contribution in [0.15, 0.2) is 24.3 Å². The fraction of sp³-hybridized carbons (Fsp3) is 0.619. The number of benzene rings is 1. The predicted octanol–water partition coefficient (Wildman–Crippen LogP) is 2.34. The van der Waals surface area contributed by atoms with Gasteiger partial charge in [0.15, 0.2) is 6.61 Å². The molecule has 2 heterocycles. The van der Waals surface area contributed by atoms with E-state index in [0.717, 1.165) is 25.8 Å². The summed E-state index contributed by atoms with van der Waals surface area (Å²) in [6.45, 7) is 5.91. The Kier molecular flexibility index (Phi) is 6.72. The molecular weight excluding hydrogens is 342 g/mol. The van der Waals surface area contributed by atoms with Crippen molar-refractivity contribution in [2.75, 3.05) is 19.7 Å². The average Bonchev–Trinajstić information content (AvgIpc) is 3.18. The van der Waals surface area contributed by atoms with Gasteiger partial charge in [0, 0.05) is 30.2 Å². The van der Waals surface area contributed by atoms with Crippen LogP contribution in [-0.4, -0.2) is 54.5 Å². The summed E-state index contributed by atoms with van der Waals surface area (Å²) in [7, 11) is 0. The molecule has 2 N–H and O–H groups in total. The number of ether oxygens (including phenoxy) is 1. The minimum Gasteiger partial charge on any atom is -0.484 e. The Bertz CT molecular complexity index is 631. The first-order chi connectivity index (χ1) is 13.0. The summed E-state index contributed by atoms with van der Waals surface area (Å²) in [4.78, 5) is 26.7. The maximum Gasteiger partial charge on any atom is 0.260 e. The molecule has 27 heavy (non-hydrogen) atoms. The third-order valence-corrected chi connectivity index (χ3v) is 5.63. The van der Waals surface area contributed by atoms with Crippen molar-refractivity contribution in [2.45, 2.75) is 64.1 Å². The molecule has 2 aliphatic heterocycles. The highest BCUT2D eigenvalue weighted by atomic mass is 16.5. The second-order valence-corrected chi connectivity index (χ2v) is 7.75. The van der Waals surface area contributed by atoms with Crippen LogP contribution in [0.5, 0.6) is 5.75 Å². The summed E-state index contributed by atoms with van der Waals surface area (Å²) in [6.07, 6.45) is 5.55. The molecular formula is C21H31N3O3. The summed E-state index contributed by atoms with van der Waals surface area (Å²) in [5.41, 5.74) is 0.602. The highest BCUT2D eigenvalue weighted by Gasteiger charge is 2.29. The Morgan fingerprint density at radius 3 is 2.44 bits per heavy atom. The Balaban J connectivity index is 1.47. The van der Waals surface area contributed by atoms with Crippen LogP contribution in [0.25, 0.3) is 0 Å². The van der Waals surface area contributed by atoms with Gasteiger partial charge in [-0.1, -0.05) is 0 Å². The number of likely N-dealkylation sites (tertiary alicyclic amines) is 1. The molecule has 1 aromatic rings. The normalized spacial score (nSPS) is 25.3. The molecule has 6 nitrogen and oxygen atoms in total. The summed E-state index contributed by atoms with van der Waals surface area (Å²) in [6, 6.07) is 7.89. The lowest BCUT2D eigenvalue weighted by molar-refractivity contribution is -0.139. The molecule has 148 valence electrons. The number of rotatable bonds is 6. The maximum atomic E-state index is 12.5. The van der Waals surface area contributed by atoms with Crippen LogP contribution in [0.3, 0.4) is 0 Å². The van der Waals surface area contributed by atoms with Crippen LogP contribution in [0.2, 0.25) is 0 Å². The molecule has 0 aliphatic carbocycles. The number of hydrogen-bond acceptors (Lipinski definition) is 4. The van der Waals surface area contributed by atoms with Gasteiger partial charge in [-0.25, -0.2) is 0 Å². The van der Waals surface area contributed by atoms with Crippen LogP contribution in [0.4, 0.5) is 0 Å². The molecule has 0 bridgehead atoms. The minimum atomic E-state index is -0.0812. The zero-order valence-electron chi connectivity index (χ0n) is 16.4. The zero-order valence-corrected chi connectivity index (χ0v) is 16.4. The van der Waals surface area contributed by atoms with E-state index >= 15 is 0 Å². The number of piperidine rings is 1. The summed E-state index contributed by atoms with van der Waals surface area (Å²) >= 11 is 0. The van der Waals surface area contributed by atoms with Gasteiger partial charge in [-0.3, -0.25) is 9.59 Å². The van der Waals surface area contributed by atoms with Crippen molar-refractivity contribution in [3.05, 3.63) is 29.8 Å². The van der Waals surface area contributed by atoms with Crippen molar-refractivity contribution < 1.29 is 14.3 Å². The van der Waals surface area contributed by atoms with Crippen molar-refractivity contribution in [1.82, 2.24) is 15.5 Å². The highest BCUT2D eigenvalue weighted by Crippen LogP contribution is 2.23. The molecule has 6 heteroatoms. The van der Waals surface area contributed by atoms with Crippen molar-refractivity contribution in [3.63, 3.8) is 0 Å². The smallest absolute Gasteiger partial charge is 0.260 e. The van der Waals surface area contributed by atoms with E-state index in [0.29, 0.717) is 23.9 Å². The van der Waals surface area contributed by atoms with Gasteiger partial charge in [0.2, 0.25) is 0 Å². The van der Waals surface area contributed by atoms with E-state index in [1.54, 1.807) is 24.3 Å². The van der Waals surface area contributed by atoms with Gasteiger partial charge in [0.05, 0.1) is 0 Å². The van der Waals surface area contributed by atoms with Gasteiger partial charge < -0.3 is 20.3 Å². The maximum absolute atomic E-state index is 12.5. The first-order valence-electron chi connectivity index (χ1n) is 10.1. The summed E-state index contributed by atoms with van der Waals surface area (Å²) in [5, 5.41) is 6.32. The van der Waals surface area contributed by atoms with Crippen LogP contribution in [0, 0.1) is 0 Å². The fourth-order valence-electron chi connectivity index (χ4n) is 4.08. The number of carbonyl (C=O) groups excluding carboxylic acids is 2. The Morgan fingerprint density at radius 1 is 1.11 bits per heavy atom. The van der Waals surface area contributed by atoms with E-state index in [-0.39, 0.29) is 30.5 Å². The van der Waals surface area contributed by atoms with E-state index in [1.807, 2.05) is 4.90 Å². The second-order valence-electron chi connectivity index (χ2n) is 7.75. The number of carbonyl (C=O) groups is 2. The third-order valence-electron chi connectivity index (χ3n) is 5.63. The first-order valence-corrected chi connectivity index (χ1v) is 10.1. The number of hydrogen-bond donors (Lipinski definition) is 2. The lowest BCUT2D eigenvalue weighted by Crippen LogP contribution is -2.49. The number of amides is 2. The molecule has 3 rings (SSSR count). The molecule has 1 aromatic carbocycles. The molecule has 0 radical (unpaired) electrons. The van der Waals surface area contributed by atoms with Crippen LogP contribution >= 0.6 is 0 Å². The molecule has 3 unspecified atom stereocenters. The van der Waals surface area contributed by atoms with E-state index in [1.165, 1.54) is 12.8 Å². The Hall–Kier alpha value is -2.08. The number of nitrogens with one attached hydrogen (secondary N) is 2. The van der Waals surface area contributed by atoms with Crippen LogP contribution in [0.1, 0.15) is 56.3 Å². The first kappa shape index (κ1) is 19.7. The van der Waals surface area contributed by atoms with Crippen molar-refractivity contribution in [3.8, 4) is 5.75 Å². The van der Waals surface area contributed by atoms with E-state index < -0.39 is 0 Å². The lowest BCUT2D eigenvalue weighted by atomic mass is 9.97. The molecule has 0 aromatic heterocycles. The molecule has 0 spiro atoms. The van der Waals surface area contributed by atoms with Crippen molar-refractivity contribution >= 4 is 11.8 Å². The monoisotopic (exact) mass is 373 g/mol. The average molecular weight is 373 g/mol. The lowest BCUT2D eigenvalue weighted by Gasteiger charge is -2.38. The largest absolute Gasteiger partial charge is 0.484 e. The predicted molar refractivity (Wildman–Crippen MR) is 105 cm³/mol. The Morgan fingerprint density at radius 2 is 1.81 bits per heavy atom. The van der Waals surface area contributed by atoms with Crippen molar-refractivity contribution in [1.29, 1.82) is 0 Å². The molecule has 2 aliphatic rings. The highest BCUT2D eigenvalue weighted by molar-refractivity contribution is 5.94.